The Morgan fingerprint density at radius 2 is 0.882 bits per heavy atom. The smallest absolute Gasteiger partial charge is 0.411 e. The Balaban J connectivity index is 1.39. The van der Waals surface area contributed by atoms with Crippen LogP contribution in [-0.4, -0.2) is 46.2 Å². The van der Waals surface area contributed by atoms with Crippen LogP contribution in [0.1, 0.15) is 11.1 Å². The molecular weight excluding hydrogens is 428 g/mol. The SMILES string of the molecule is O=C(OCc1ccccc1)N1[C@@H]2C=CC=C[C@@H]1[C@@H]1C=CC=C[C@@H]2N1C(=O)OCc1ccccc1. The van der Waals surface area contributed by atoms with Crippen LogP contribution in [0.5, 0.6) is 0 Å². The molecule has 0 aliphatic carbocycles. The Kier molecular flexibility index (Phi) is 6.29. The molecule has 3 aliphatic heterocycles. The van der Waals surface area contributed by atoms with E-state index in [4.69, 9.17) is 9.47 Å². The summed E-state index contributed by atoms with van der Waals surface area (Å²) in [5, 5.41) is 0. The van der Waals surface area contributed by atoms with Crippen molar-refractivity contribution in [3.8, 4) is 0 Å². The Labute approximate surface area is 199 Å². The normalized spacial score (nSPS) is 24.4. The number of hydrogen-bond acceptors (Lipinski definition) is 4. The van der Waals surface area contributed by atoms with Crippen LogP contribution in [0.4, 0.5) is 9.59 Å². The van der Waals surface area contributed by atoms with Crippen molar-refractivity contribution in [2.75, 3.05) is 0 Å². The van der Waals surface area contributed by atoms with Gasteiger partial charge in [-0.25, -0.2) is 9.59 Å². The standard InChI is InChI=1S/C28H26N2O4/c31-27(33-19-21-11-3-1-4-12-21)29-23-15-7-8-16-24(29)26-18-10-9-17-25(23)30(26)28(32)34-20-22-13-5-2-6-14-22/h1-18,23-26H,19-20H2/t23-,24-,25+,26+. The molecule has 2 aromatic carbocycles. The van der Waals surface area contributed by atoms with E-state index in [1.54, 1.807) is 9.80 Å². The zero-order valence-corrected chi connectivity index (χ0v) is 18.6. The van der Waals surface area contributed by atoms with Crippen molar-refractivity contribution in [1.82, 2.24) is 9.80 Å². The van der Waals surface area contributed by atoms with Crippen LogP contribution in [0.15, 0.2) is 109 Å². The zero-order chi connectivity index (χ0) is 23.3. The predicted molar refractivity (Wildman–Crippen MR) is 129 cm³/mol. The summed E-state index contributed by atoms with van der Waals surface area (Å²) in [5.74, 6) is 0. The average Bonchev–Trinajstić information content (AvgIpc) is 3.17. The van der Waals surface area contributed by atoms with Gasteiger partial charge >= 0.3 is 12.2 Å². The highest BCUT2D eigenvalue weighted by molar-refractivity contribution is 5.74. The van der Waals surface area contributed by atoms with Gasteiger partial charge in [-0.05, 0) is 11.1 Å². The number of carbonyl (C=O) groups is 2. The highest BCUT2D eigenvalue weighted by atomic mass is 16.6. The van der Waals surface area contributed by atoms with Crippen LogP contribution < -0.4 is 0 Å². The average molecular weight is 455 g/mol. The molecule has 172 valence electrons. The lowest BCUT2D eigenvalue weighted by Gasteiger charge is -2.51. The lowest BCUT2D eigenvalue weighted by Crippen LogP contribution is -2.68. The summed E-state index contributed by atoms with van der Waals surface area (Å²) in [6.45, 7) is 0.375. The van der Waals surface area contributed by atoms with Gasteiger partial charge in [0.05, 0.1) is 24.2 Å². The van der Waals surface area contributed by atoms with Crippen LogP contribution in [0.25, 0.3) is 0 Å². The maximum absolute atomic E-state index is 13.3. The van der Waals surface area contributed by atoms with Gasteiger partial charge in [-0.3, -0.25) is 9.80 Å². The van der Waals surface area contributed by atoms with Crippen molar-refractivity contribution in [3.63, 3.8) is 0 Å². The third-order valence-electron chi connectivity index (χ3n) is 6.27. The summed E-state index contributed by atoms with van der Waals surface area (Å²) in [5.41, 5.74) is 1.84. The highest BCUT2D eigenvalue weighted by Crippen LogP contribution is 2.34. The lowest BCUT2D eigenvalue weighted by atomic mass is 9.93. The number of nitrogens with zero attached hydrogens (tertiary/aromatic N) is 2. The Bertz CT molecular complexity index is 1010. The highest BCUT2D eigenvalue weighted by Gasteiger charge is 2.50. The molecule has 1 saturated heterocycles. The van der Waals surface area contributed by atoms with E-state index >= 15 is 0 Å². The molecule has 2 amide bonds. The maximum Gasteiger partial charge on any atom is 0.411 e. The molecule has 0 unspecified atom stereocenters. The summed E-state index contributed by atoms with van der Waals surface area (Å²) in [6.07, 6.45) is 14.6. The molecule has 4 bridgehead atoms. The first kappa shape index (κ1) is 21.8. The minimum Gasteiger partial charge on any atom is -0.445 e. The van der Waals surface area contributed by atoms with E-state index in [1.165, 1.54) is 0 Å². The number of ether oxygens (including phenoxy) is 2. The first-order valence-corrected chi connectivity index (χ1v) is 11.4. The molecule has 2 aromatic rings. The van der Waals surface area contributed by atoms with Gasteiger partial charge in [-0.1, -0.05) is 109 Å². The first-order valence-electron chi connectivity index (χ1n) is 11.4. The molecule has 34 heavy (non-hydrogen) atoms. The molecule has 0 saturated carbocycles. The quantitative estimate of drug-likeness (QED) is 0.652. The fourth-order valence-electron chi connectivity index (χ4n) is 4.67. The van der Waals surface area contributed by atoms with Gasteiger partial charge in [0.25, 0.3) is 0 Å². The minimum absolute atomic E-state index is 0.187. The van der Waals surface area contributed by atoms with Crippen molar-refractivity contribution < 1.29 is 19.1 Å². The molecule has 0 aromatic heterocycles. The summed E-state index contributed by atoms with van der Waals surface area (Å²) in [4.78, 5) is 30.1. The second kappa shape index (κ2) is 9.83. The van der Waals surface area contributed by atoms with E-state index in [0.29, 0.717) is 0 Å². The number of allylic oxidation sites excluding steroid dienone is 4. The van der Waals surface area contributed by atoms with Crippen molar-refractivity contribution >= 4 is 12.2 Å². The fourth-order valence-corrected chi connectivity index (χ4v) is 4.67. The monoisotopic (exact) mass is 454 g/mol. The zero-order valence-electron chi connectivity index (χ0n) is 18.6. The Morgan fingerprint density at radius 3 is 1.21 bits per heavy atom. The fraction of sp³-hybridized carbons (Fsp3) is 0.214. The van der Waals surface area contributed by atoms with Crippen LogP contribution >= 0.6 is 0 Å². The third-order valence-corrected chi connectivity index (χ3v) is 6.27. The molecule has 3 aliphatic rings. The van der Waals surface area contributed by atoms with Gasteiger partial charge in [0.2, 0.25) is 0 Å². The molecule has 6 heteroatoms. The summed E-state index contributed by atoms with van der Waals surface area (Å²) < 4.78 is 11.4. The number of amides is 2. The van der Waals surface area contributed by atoms with E-state index in [1.807, 2.05) is 109 Å². The van der Waals surface area contributed by atoms with Crippen molar-refractivity contribution in [1.29, 1.82) is 0 Å². The Morgan fingerprint density at radius 1 is 0.559 bits per heavy atom. The van der Waals surface area contributed by atoms with Crippen molar-refractivity contribution in [2.45, 2.75) is 37.4 Å². The van der Waals surface area contributed by atoms with E-state index in [2.05, 4.69) is 0 Å². The number of rotatable bonds is 4. The van der Waals surface area contributed by atoms with E-state index in [-0.39, 0.29) is 37.4 Å². The molecule has 6 nitrogen and oxygen atoms in total. The van der Waals surface area contributed by atoms with Crippen LogP contribution in [0.3, 0.4) is 0 Å². The Hall–Kier alpha value is -4.06. The molecule has 0 radical (unpaired) electrons. The second-order valence-electron chi connectivity index (χ2n) is 8.40. The topological polar surface area (TPSA) is 59.1 Å². The van der Waals surface area contributed by atoms with Gasteiger partial charge in [0, 0.05) is 0 Å². The van der Waals surface area contributed by atoms with Crippen molar-refractivity contribution in [2.24, 2.45) is 0 Å². The molecular formula is C28H26N2O4. The molecule has 0 spiro atoms. The molecule has 1 fully saturated rings. The van der Waals surface area contributed by atoms with Crippen LogP contribution in [0.2, 0.25) is 0 Å². The van der Waals surface area contributed by atoms with Crippen LogP contribution in [-0.2, 0) is 22.7 Å². The number of benzene rings is 2. The second-order valence-corrected chi connectivity index (χ2v) is 8.40. The minimum atomic E-state index is -0.411. The maximum atomic E-state index is 13.3. The number of fused-ring (bicyclic) bond motifs is 6. The number of piperazine rings is 1. The van der Waals surface area contributed by atoms with Gasteiger partial charge < -0.3 is 9.47 Å². The van der Waals surface area contributed by atoms with Gasteiger partial charge in [-0.2, -0.15) is 0 Å². The van der Waals surface area contributed by atoms with E-state index < -0.39 is 12.2 Å². The lowest BCUT2D eigenvalue weighted by molar-refractivity contribution is -0.00590. The molecule has 4 atom stereocenters. The number of carbonyl (C=O) groups excluding carboxylic acids is 2. The summed E-state index contributed by atoms with van der Waals surface area (Å²) in [6, 6.07) is 17.6. The molecule has 5 rings (SSSR count). The first-order chi connectivity index (χ1) is 16.7. The van der Waals surface area contributed by atoms with Crippen LogP contribution in [0, 0.1) is 0 Å². The van der Waals surface area contributed by atoms with E-state index in [9.17, 15) is 9.59 Å². The largest absolute Gasteiger partial charge is 0.445 e. The van der Waals surface area contributed by atoms with Gasteiger partial charge in [-0.15, -0.1) is 0 Å². The van der Waals surface area contributed by atoms with Gasteiger partial charge in [0.1, 0.15) is 13.2 Å². The van der Waals surface area contributed by atoms with Crippen molar-refractivity contribution in [3.05, 3.63) is 120 Å². The predicted octanol–water partition coefficient (Wildman–Crippen LogP) is 5.00. The molecule has 3 heterocycles. The summed E-state index contributed by atoms with van der Waals surface area (Å²) in [7, 11) is 0. The molecule has 0 N–H and O–H groups in total. The third kappa shape index (κ3) is 4.39. The van der Waals surface area contributed by atoms with Gasteiger partial charge in [0.15, 0.2) is 0 Å². The van der Waals surface area contributed by atoms with E-state index in [0.717, 1.165) is 11.1 Å². The number of hydrogen-bond donors (Lipinski definition) is 0. The summed E-state index contributed by atoms with van der Waals surface area (Å²) >= 11 is 0.